The fourth-order valence-electron chi connectivity index (χ4n) is 2.45. The average Bonchev–Trinajstić information content (AvgIpc) is 2.85. The van der Waals surface area contributed by atoms with Gasteiger partial charge in [-0.2, -0.15) is 0 Å². The van der Waals surface area contributed by atoms with Crippen molar-refractivity contribution in [1.29, 1.82) is 0 Å². The lowest BCUT2D eigenvalue weighted by molar-refractivity contribution is 0.276. The van der Waals surface area contributed by atoms with Crippen molar-refractivity contribution in [2.24, 2.45) is 0 Å². The van der Waals surface area contributed by atoms with Gasteiger partial charge in [0.1, 0.15) is 5.82 Å². The normalized spacial score (nSPS) is 14.7. The van der Waals surface area contributed by atoms with Crippen LogP contribution < -0.4 is 4.90 Å². The largest absolute Gasteiger partial charge is 0.391 e. The zero-order valence-corrected chi connectivity index (χ0v) is 10.7. The van der Waals surface area contributed by atoms with Gasteiger partial charge in [0.05, 0.1) is 6.61 Å². The smallest absolute Gasteiger partial charge is 0.130 e. The first-order chi connectivity index (χ1) is 8.79. The number of hydrogen-bond donors (Lipinski definition) is 1. The molecule has 0 unspecified atom stereocenters. The number of hydrogen-bond acceptors (Lipinski definition) is 3. The number of anilines is 1. The second kappa shape index (κ2) is 4.71. The van der Waals surface area contributed by atoms with Gasteiger partial charge in [-0.3, -0.25) is 0 Å². The van der Waals surface area contributed by atoms with E-state index in [1.807, 2.05) is 6.07 Å². The maximum atomic E-state index is 13.7. The summed E-state index contributed by atoms with van der Waals surface area (Å²) in [6.07, 6.45) is 0.994. The van der Waals surface area contributed by atoms with Gasteiger partial charge >= 0.3 is 0 Å². The van der Waals surface area contributed by atoms with E-state index in [4.69, 9.17) is 0 Å². The highest BCUT2D eigenvalue weighted by atomic mass is 32.1. The predicted octanol–water partition coefficient (Wildman–Crippen LogP) is 2.94. The minimum atomic E-state index is -0.328. The van der Waals surface area contributed by atoms with Gasteiger partial charge in [0.2, 0.25) is 0 Å². The molecule has 1 aliphatic heterocycles. The van der Waals surface area contributed by atoms with Crippen molar-refractivity contribution >= 4 is 17.0 Å². The molecule has 1 aromatic heterocycles. The maximum absolute atomic E-state index is 13.7. The average molecular weight is 263 g/mol. The number of aliphatic hydroxyl groups excluding tert-OH is 1. The van der Waals surface area contributed by atoms with Gasteiger partial charge in [-0.15, -0.1) is 11.3 Å². The number of benzene rings is 1. The number of fused-ring (bicyclic) bond motifs is 1. The van der Waals surface area contributed by atoms with Crippen molar-refractivity contribution in [3.8, 4) is 0 Å². The third kappa shape index (κ3) is 1.91. The number of aliphatic hydroxyl groups is 1. The number of nitrogens with zero attached hydrogens (tertiary/aromatic N) is 1. The molecule has 0 radical (unpaired) electrons. The number of thiophene rings is 1. The topological polar surface area (TPSA) is 23.5 Å². The summed E-state index contributed by atoms with van der Waals surface area (Å²) in [5, 5.41) is 11.4. The van der Waals surface area contributed by atoms with Crippen molar-refractivity contribution < 1.29 is 9.50 Å². The van der Waals surface area contributed by atoms with E-state index in [9.17, 15) is 9.50 Å². The molecule has 2 nitrogen and oxygen atoms in total. The van der Waals surface area contributed by atoms with Crippen molar-refractivity contribution in [1.82, 2.24) is 0 Å². The van der Waals surface area contributed by atoms with Crippen LogP contribution in [0.3, 0.4) is 0 Å². The second-order valence-corrected chi connectivity index (χ2v) is 5.44. The lowest BCUT2D eigenvalue weighted by Gasteiger charge is -2.30. The Labute approximate surface area is 109 Å². The summed E-state index contributed by atoms with van der Waals surface area (Å²) in [7, 11) is 0. The van der Waals surface area contributed by atoms with E-state index in [1.165, 1.54) is 16.5 Å². The Morgan fingerprint density at radius 2 is 2.22 bits per heavy atom. The number of rotatable bonds is 2. The first-order valence-electron chi connectivity index (χ1n) is 5.98. The molecule has 0 atom stereocenters. The first kappa shape index (κ1) is 11.7. The molecule has 18 heavy (non-hydrogen) atoms. The van der Waals surface area contributed by atoms with Crippen molar-refractivity contribution in [3.63, 3.8) is 0 Å². The van der Waals surface area contributed by atoms with Crippen LogP contribution in [0.2, 0.25) is 0 Å². The quantitative estimate of drug-likeness (QED) is 0.900. The van der Waals surface area contributed by atoms with Crippen LogP contribution in [0.1, 0.15) is 16.0 Å². The van der Waals surface area contributed by atoms with Crippen LogP contribution in [0.5, 0.6) is 0 Å². The van der Waals surface area contributed by atoms with Crippen LogP contribution in [0.15, 0.2) is 29.6 Å². The molecule has 94 valence electrons. The maximum Gasteiger partial charge on any atom is 0.130 e. The molecule has 1 aromatic carbocycles. The Balaban J connectivity index is 1.95. The highest BCUT2D eigenvalue weighted by Crippen LogP contribution is 2.30. The summed E-state index contributed by atoms with van der Waals surface area (Å²) in [5.74, 6) is -0.328. The molecule has 0 bridgehead atoms. The Kier molecular flexibility index (Phi) is 3.06. The third-order valence-electron chi connectivity index (χ3n) is 3.40. The van der Waals surface area contributed by atoms with Gasteiger partial charge in [-0.1, -0.05) is 6.07 Å². The molecule has 4 heteroatoms. The van der Waals surface area contributed by atoms with Crippen LogP contribution >= 0.6 is 11.3 Å². The molecule has 2 aromatic rings. The zero-order chi connectivity index (χ0) is 12.5. The zero-order valence-electron chi connectivity index (χ0n) is 9.90. The third-order valence-corrected chi connectivity index (χ3v) is 4.42. The molecule has 0 fully saturated rings. The van der Waals surface area contributed by atoms with E-state index in [1.54, 1.807) is 17.4 Å². The highest BCUT2D eigenvalue weighted by molar-refractivity contribution is 7.10. The highest BCUT2D eigenvalue weighted by Gasteiger charge is 2.20. The van der Waals surface area contributed by atoms with Gasteiger partial charge in [0, 0.05) is 29.2 Å². The standard InChI is InChI=1S/C14H14FNOS/c15-12-2-1-3-13(11(12)9-17)16-6-4-14-10(8-16)5-7-18-14/h1-3,5,7,17H,4,6,8-9H2. The summed E-state index contributed by atoms with van der Waals surface area (Å²) in [6.45, 7) is 1.42. The fraction of sp³-hybridized carbons (Fsp3) is 0.286. The molecular formula is C14H14FNOS. The number of halogens is 1. The van der Waals surface area contributed by atoms with Crippen LogP contribution in [0, 0.1) is 5.82 Å². The Hall–Kier alpha value is -1.39. The second-order valence-electron chi connectivity index (χ2n) is 4.44. The minimum absolute atomic E-state index is 0.255. The summed E-state index contributed by atoms with van der Waals surface area (Å²) in [5.41, 5.74) is 2.53. The van der Waals surface area contributed by atoms with Crippen molar-refractivity contribution in [2.45, 2.75) is 19.6 Å². The molecule has 3 rings (SSSR count). The van der Waals surface area contributed by atoms with E-state index in [0.717, 1.165) is 25.2 Å². The van der Waals surface area contributed by atoms with Gasteiger partial charge in [0.25, 0.3) is 0 Å². The monoisotopic (exact) mass is 263 g/mol. The molecular weight excluding hydrogens is 249 g/mol. The SMILES string of the molecule is OCc1c(F)cccc1N1CCc2sccc2C1. The molecule has 0 saturated heterocycles. The molecule has 1 N–H and O–H groups in total. The summed E-state index contributed by atoms with van der Waals surface area (Å²) in [6, 6.07) is 7.11. The van der Waals surface area contributed by atoms with E-state index < -0.39 is 0 Å². The molecule has 1 aliphatic rings. The predicted molar refractivity (Wildman–Crippen MR) is 71.4 cm³/mol. The first-order valence-corrected chi connectivity index (χ1v) is 6.86. The van der Waals surface area contributed by atoms with E-state index in [2.05, 4.69) is 16.3 Å². The molecule has 0 aliphatic carbocycles. The van der Waals surface area contributed by atoms with Crippen molar-refractivity contribution in [3.05, 3.63) is 51.5 Å². The van der Waals surface area contributed by atoms with Gasteiger partial charge in [0.15, 0.2) is 0 Å². The summed E-state index contributed by atoms with van der Waals surface area (Å²) < 4.78 is 13.7. The van der Waals surface area contributed by atoms with Gasteiger partial charge < -0.3 is 10.0 Å². The van der Waals surface area contributed by atoms with Gasteiger partial charge in [-0.25, -0.2) is 4.39 Å². The molecule has 0 saturated carbocycles. The molecule has 0 amide bonds. The van der Waals surface area contributed by atoms with E-state index in [-0.39, 0.29) is 12.4 Å². The summed E-state index contributed by atoms with van der Waals surface area (Å²) >= 11 is 1.79. The van der Waals surface area contributed by atoms with E-state index >= 15 is 0 Å². The Morgan fingerprint density at radius 1 is 1.33 bits per heavy atom. The molecule has 0 spiro atoms. The fourth-order valence-corrected chi connectivity index (χ4v) is 3.34. The Morgan fingerprint density at radius 3 is 3.06 bits per heavy atom. The van der Waals surface area contributed by atoms with Crippen LogP contribution in [0.4, 0.5) is 10.1 Å². The van der Waals surface area contributed by atoms with Crippen LogP contribution in [-0.4, -0.2) is 11.7 Å². The molecule has 2 heterocycles. The lowest BCUT2D eigenvalue weighted by Crippen LogP contribution is -2.30. The Bertz CT molecular complexity index is 567. The minimum Gasteiger partial charge on any atom is -0.391 e. The van der Waals surface area contributed by atoms with Crippen LogP contribution in [-0.2, 0) is 19.6 Å². The van der Waals surface area contributed by atoms with Crippen LogP contribution in [0.25, 0.3) is 0 Å². The lowest BCUT2D eigenvalue weighted by atomic mass is 10.1. The van der Waals surface area contributed by atoms with Crippen molar-refractivity contribution in [2.75, 3.05) is 11.4 Å². The van der Waals surface area contributed by atoms with E-state index in [0.29, 0.717) is 5.56 Å². The van der Waals surface area contributed by atoms with Gasteiger partial charge in [-0.05, 0) is 35.6 Å². The summed E-state index contributed by atoms with van der Waals surface area (Å²) in [4.78, 5) is 3.57.